The van der Waals surface area contributed by atoms with E-state index in [-0.39, 0.29) is 19.0 Å². The number of hydrogen-bond acceptors (Lipinski definition) is 5. The van der Waals surface area contributed by atoms with Gasteiger partial charge in [-0.1, -0.05) is 0 Å². The zero-order valence-corrected chi connectivity index (χ0v) is 10.4. The van der Waals surface area contributed by atoms with E-state index in [0.717, 1.165) is 6.26 Å². The van der Waals surface area contributed by atoms with E-state index < -0.39 is 22.0 Å². The van der Waals surface area contributed by atoms with Gasteiger partial charge in [-0.05, 0) is 12.8 Å². The fourth-order valence-electron chi connectivity index (χ4n) is 0.849. The maximum absolute atomic E-state index is 10.8. The van der Waals surface area contributed by atoms with Gasteiger partial charge in [0.25, 0.3) is 0 Å². The molecular weight excluding hydrogens is 244 g/mol. The van der Waals surface area contributed by atoms with E-state index in [0.29, 0.717) is 12.8 Å². The average molecular weight is 261 g/mol. The Morgan fingerprint density at radius 1 is 1.53 bits per heavy atom. The second-order valence-electron chi connectivity index (χ2n) is 2.94. The molecule has 0 spiro atoms. The molecule has 0 aromatic carbocycles. The molecule has 1 atom stereocenters. The normalized spacial score (nSPS) is 12.7. The number of carbonyl (C=O) groups excluding carboxylic acids is 1. The number of halogens is 1. The predicted molar refractivity (Wildman–Crippen MR) is 59.3 cm³/mol. The largest absolute Gasteiger partial charge is 0.468 e. The summed E-state index contributed by atoms with van der Waals surface area (Å²) >= 11 is 0. The lowest BCUT2D eigenvalue weighted by molar-refractivity contribution is -0.142. The minimum absolute atomic E-state index is 0. The first-order chi connectivity index (χ1) is 6.37. The van der Waals surface area contributed by atoms with Crippen molar-refractivity contribution in [2.45, 2.75) is 18.9 Å². The summed E-state index contributed by atoms with van der Waals surface area (Å²) in [5.74, 6) is -0.482. The van der Waals surface area contributed by atoms with Crippen LogP contribution in [0.1, 0.15) is 12.8 Å². The molecule has 0 unspecified atom stereocenters. The summed E-state index contributed by atoms with van der Waals surface area (Å²) in [4.78, 5) is 10.8. The molecule has 0 radical (unpaired) electrons. The summed E-state index contributed by atoms with van der Waals surface area (Å²) in [6.07, 6.45) is 1.98. The fraction of sp³-hybridized carbons (Fsp3) is 0.857. The molecule has 0 aliphatic heterocycles. The maximum Gasteiger partial charge on any atom is 0.322 e. The van der Waals surface area contributed by atoms with Crippen LogP contribution in [-0.2, 0) is 19.6 Å². The first-order valence-corrected chi connectivity index (χ1v) is 6.04. The molecule has 0 bridgehead atoms. The van der Waals surface area contributed by atoms with E-state index >= 15 is 0 Å². The third-order valence-corrected chi connectivity index (χ3v) is 2.29. The topological polar surface area (TPSA) is 98.5 Å². The van der Waals surface area contributed by atoms with Crippen LogP contribution in [0.5, 0.6) is 0 Å². The predicted octanol–water partition coefficient (Wildman–Crippen LogP) is -0.762. The van der Waals surface area contributed by atoms with Gasteiger partial charge in [-0.2, -0.15) is 0 Å². The van der Waals surface area contributed by atoms with Crippen molar-refractivity contribution in [3.63, 3.8) is 0 Å². The van der Waals surface area contributed by atoms with E-state index in [1.54, 1.807) is 0 Å². The first-order valence-electron chi connectivity index (χ1n) is 4.15. The van der Waals surface area contributed by atoms with Crippen molar-refractivity contribution in [1.29, 1.82) is 0 Å². The van der Waals surface area contributed by atoms with Crippen LogP contribution in [0.25, 0.3) is 0 Å². The third-order valence-electron chi connectivity index (χ3n) is 1.56. The lowest BCUT2D eigenvalue weighted by Crippen LogP contribution is -2.33. The van der Waals surface area contributed by atoms with Crippen LogP contribution in [0.15, 0.2) is 0 Å². The van der Waals surface area contributed by atoms with Crippen LogP contribution >= 0.6 is 12.4 Å². The Kier molecular flexibility index (Phi) is 8.93. The standard InChI is InChI=1S/C7H16N2O4S.ClH/c1-13-7(10)6(8)4-3-5-9-14(2,11)12;/h6,9H,3-5,8H2,1-2H3;1H/t6-;/m0./s1. The molecule has 0 heterocycles. The van der Waals surface area contributed by atoms with Gasteiger partial charge in [-0.3, -0.25) is 4.79 Å². The molecule has 0 saturated carbocycles. The Morgan fingerprint density at radius 2 is 2.07 bits per heavy atom. The molecule has 0 aliphatic rings. The number of nitrogens with two attached hydrogens (primary N) is 1. The van der Waals surface area contributed by atoms with Gasteiger partial charge in [-0.15, -0.1) is 12.4 Å². The summed E-state index contributed by atoms with van der Waals surface area (Å²) < 4.78 is 28.0. The van der Waals surface area contributed by atoms with Gasteiger partial charge in [0.15, 0.2) is 0 Å². The molecule has 0 amide bonds. The summed E-state index contributed by atoms with van der Waals surface area (Å²) in [6, 6.07) is -0.679. The Bertz CT molecular complexity index is 281. The Labute approximate surface area is 96.0 Å². The van der Waals surface area contributed by atoms with Crippen LogP contribution in [0.4, 0.5) is 0 Å². The van der Waals surface area contributed by atoms with E-state index in [2.05, 4.69) is 9.46 Å². The molecule has 6 nitrogen and oxygen atoms in total. The Balaban J connectivity index is 0. The zero-order valence-electron chi connectivity index (χ0n) is 8.73. The Morgan fingerprint density at radius 3 is 2.47 bits per heavy atom. The van der Waals surface area contributed by atoms with Gasteiger partial charge in [-0.25, -0.2) is 13.1 Å². The van der Waals surface area contributed by atoms with Crippen LogP contribution in [0, 0.1) is 0 Å². The van der Waals surface area contributed by atoms with Crippen molar-refractivity contribution >= 4 is 28.4 Å². The van der Waals surface area contributed by atoms with E-state index in [9.17, 15) is 13.2 Å². The number of esters is 1. The fourth-order valence-corrected chi connectivity index (χ4v) is 1.36. The molecule has 0 rings (SSSR count). The van der Waals surface area contributed by atoms with Gasteiger partial charge >= 0.3 is 5.97 Å². The highest BCUT2D eigenvalue weighted by Gasteiger charge is 2.12. The summed E-state index contributed by atoms with van der Waals surface area (Å²) in [6.45, 7) is 0.281. The number of sulfonamides is 1. The smallest absolute Gasteiger partial charge is 0.322 e. The molecule has 0 saturated heterocycles. The van der Waals surface area contributed by atoms with E-state index in [1.807, 2.05) is 0 Å². The highest BCUT2D eigenvalue weighted by molar-refractivity contribution is 7.88. The number of methoxy groups -OCH3 is 1. The van der Waals surface area contributed by atoms with Crippen molar-refractivity contribution in [2.24, 2.45) is 5.73 Å². The number of ether oxygens (including phenoxy) is 1. The van der Waals surface area contributed by atoms with Gasteiger partial charge in [0.05, 0.1) is 13.4 Å². The van der Waals surface area contributed by atoms with Crippen molar-refractivity contribution < 1.29 is 17.9 Å². The van der Waals surface area contributed by atoms with Crippen molar-refractivity contribution in [1.82, 2.24) is 4.72 Å². The number of carbonyl (C=O) groups is 1. The molecule has 3 N–H and O–H groups in total. The quantitative estimate of drug-likeness (QED) is 0.483. The molecule has 0 aromatic rings. The summed E-state index contributed by atoms with van der Waals surface area (Å²) in [7, 11) is -1.89. The summed E-state index contributed by atoms with van der Waals surface area (Å²) in [5.41, 5.74) is 5.43. The van der Waals surface area contributed by atoms with Gasteiger partial charge in [0.1, 0.15) is 6.04 Å². The number of nitrogens with one attached hydrogen (secondary N) is 1. The maximum atomic E-state index is 10.8. The molecular formula is C7H17ClN2O4S. The first kappa shape index (κ1) is 17.0. The molecule has 0 aliphatic carbocycles. The molecule has 92 valence electrons. The molecule has 15 heavy (non-hydrogen) atoms. The average Bonchev–Trinajstić information content (AvgIpc) is 2.09. The monoisotopic (exact) mass is 260 g/mol. The SMILES string of the molecule is COC(=O)[C@@H](N)CCCNS(C)(=O)=O.Cl. The van der Waals surface area contributed by atoms with E-state index in [4.69, 9.17) is 5.73 Å². The van der Waals surface area contributed by atoms with Crippen LogP contribution < -0.4 is 10.5 Å². The van der Waals surface area contributed by atoms with Crippen molar-refractivity contribution in [2.75, 3.05) is 19.9 Å². The molecule has 0 fully saturated rings. The third kappa shape index (κ3) is 9.92. The zero-order chi connectivity index (χ0) is 11.2. The highest BCUT2D eigenvalue weighted by atomic mass is 35.5. The van der Waals surface area contributed by atoms with Crippen LogP contribution in [0.3, 0.4) is 0 Å². The van der Waals surface area contributed by atoms with Crippen molar-refractivity contribution in [3.05, 3.63) is 0 Å². The lowest BCUT2D eigenvalue weighted by Gasteiger charge is -2.08. The minimum Gasteiger partial charge on any atom is -0.468 e. The van der Waals surface area contributed by atoms with Crippen LogP contribution in [-0.4, -0.2) is 40.3 Å². The van der Waals surface area contributed by atoms with Gasteiger partial charge < -0.3 is 10.5 Å². The molecule has 8 heteroatoms. The second kappa shape index (κ2) is 7.86. The molecule has 0 aromatic heterocycles. The highest BCUT2D eigenvalue weighted by Crippen LogP contribution is 1.95. The number of hydrogen-bond donors (Lipinski definition) is 2. The number of rotatable bonds is 6. The lowest BCUT2D eigenvalue weighted by atomic mass is 10.2. The minimum atomic E-state index is -3.15. The van der Waals surface area contributed by atoms with E-state index in [1.165, 1.54) is 7.11 Å². The van der Waals surface area contributed by atoms with Crippen LogP contribution in [0.2, 0.25) is 0 Å². The second-order valence-corrected chi connectivity index (χ2v) is 4.77. The van der Waals surface area contributed by atoms with Gasteiger partial charge in [0.2, 0.25) is 10.0 Å². The van der Waals surface area contributed by atoms with Gasteiger partial charge in [0, 0.05) is 6.54 Å². The summed E-state index contributed by atoms with van der Waals surface area (Å²) in [5, 5.41) is 0. The Hall–Kier alpha value is -0.370. The van der Waals surface area contributed by atoms with Crippen molar-refractivity contribution in [3.8, 4) is 0 Å².